The maximum Gasteiger partial charge on any atom is 0.238 e. The molecule has 7 heteroatoms. The van der Waals surface area contributed by atoms with Crippen LogP contribution in [0.1, 0.15) is 33.1 Å². The first-order valence-electron chi connectivity index (χ1n) is 11.3. The van der Waals surface area contributed by atoms with Crippen molar-refractivity contribution in [1.29, 1.82) is 10.5 Å². The summed E-state index contributed by atoms with van der Waals surface area (Å²) < 4.78 is 0. The van der Waals surface area contributed by atoms with E-state index in [2.05, 4.69) is 22.4 Å². The Kier molecular flexibility index (Phi) is 7.65. The number of nitrogens with one attached hydrogen (secondary N) is 1. The van der Waals surface area contributed by atoms with E-state index in [1.54, 1.807) is 0 Å². The third-order valence-corrected chi connectivity index (χ3v) is 6.88. The minimum atomic E-state index is -0.687. The van der Waals surface area contributed by atoms with Crippen molar-refractivity contribution in [2.24, 2.45) is 0 Å². The van der Waals surface area contributed by atoms with Gasteiger partial charge in [-0.1, -0.05) is 102 Å². The maximum atomic E-state index is 13.4. The summed E-state index contributed by atoms with van der Waals surface area (Å²) in [4.78, 5) is 17.8. The number of nitrogens with two attached hydrogens (primary N) is 1. The molecule has 0 aliphatic heterocycles. The second kappa shape index (κ2) is 11.2. The van der Waals surface area contributed by atoms with E-state index in [4.69, 9.17) is 5.73 Å². The highest BCUT2D eigenvalue weighted by Gasteiger charge is 2.27. The summed E-state index contributed by atoms with van der Waals surface area (Å²) in [5.41, 5.74) is 10.4. The van der Waals surface area contributed by atoms with Crippen molar-refractivity contribution < 1.29 is 4.79 Å². The summed E-state index contributed by atoms with van der Waals surface area (Å²) in [5, 5.41) is 22.6. The molecule has 1 amide bonds. The van der Waals surface area contributed by atoms with Gasteiger partial charge in [-0.3, -0.25) is 4.79 Å². The Bertz CT molecular complexity index is 1460. The number of hydrogen-bond donors (Lipinski definition) is 2. The standard InChI is InChI=1S/C29H23N5OS/c1-19-12-14-21(15-13-19)25-23(16-30)27(32)34-29(24(25)17-31)36-26(22-10-6-3-7-11-22)28(35)33-18-20-8-4-2-5-9-20/h2-15,26H,18H2,1H3,(H2,32,34)(H,33,35). The molecule has 6 nitrogen and oxygen atoms in total. The number of benzene rings is 3. The molecule has 36 heavy (non-hydrogen) atoms. The fourth-order valence-corrected chi connectivity index (χ4v) is 4.91. The predicted molar refractivity (Wildman–Crippen MR) is 142 cm³/mol. The number of pyridine rings is 1. The molecule has 0 spiro atoms. The minimum Gasteiger partial charge on any atom is -0.383 e. The van der Waals surface area contributed by atoms with E-state index >= 15 is 0 Å². The molecule has 176 valence electrons. The molecular formula is C29H23N5OS. The first kappa shape index (κ1) is 24.5. The van der Waals surface area contributed by atoms with Crippen LogP contribution < -0.4 is 11.1 Å². The van der Waals surface area contributed by atoms with Crippen LogP contribution in [-0.4, -0.2) is 10.9 Å². The van der Waals surface area contributed by atoms with E-state index in [1.165, 1.54) is 0 Å². The van der Waals surface area contributed by atoms with Gasteiger partial charge in [0.2, 0.25) is 5.91 Å². The molecule has 4 aromatic rings. The van der Waals surface area contributed by atoms with E-state index in [9.17, 15) is 15.3 Å². The normalized spacial score (nSPS) is 11.2. The Labute approximate surface area is 214 Å². The van der Waals surface area contributed by atoms with Gasteiger partial charge in [-0.05, 0) is 23.6 Å². The number of aromatic nitrogens is 1. The lowest BCUT2D eigenvalue weighted by Crippen LogP contribution is -2.27. The average molecular weight is 490 g/mol. The largest absolute Gasteiger partial charge is 0.383 e. The van der Waals surface area contributed by atoms with Crippen molar-refractivity contribution in [2.45, 2.75) is 23.7 Å². The molecule has 1 heterocycles. The molecule has 1 aromatic heterocycles. The Morgan fingerprint density at radius 2 is 1.56 bits per heavy atom. The van der Waals surface area contributed by atoms with Crippen LogP contribution in [0.25, 0.3) is 11.1 Å². The SMILES string of the molecule is Cc1ccc(-c2c(C#N)c(N)nc(SC(C(=O)NCc3ccccc3)c3ccccc3)c2C#N)cc1. The summed E-state index contributed by atoms with van der Waals surface area (Å²) in [5.74, 6) is -0.202. The van der Waals surface area contributed by atoms with E-state index in [-0.39, 0.29) is 22.9 Å². The van der Waals surface area contributed by atoms with Gasteiger partial charge in [0.25, 0.3) is 0 Å². The fraction of sp³-hybridized carbons (Fsp3) is 0.103. The van der Waals surface area contributed by atoms with Gasteiger partial charge in [0.05, 0.1) is 5.56 Å². The highest BCUT2D eigenvalue weighted by atomic mass is 32.2. The molecule has 0 aliphatic rings. The van der Waals surface area contributed by atoms with E-state index in [0.717, 1.165) is 28.5 Å². The van der Waals surface area contributed by atoms with Crippen molar-refractivity contribution >= 4 is 23.5 Å². The number of rotatable bonds is 7. The first-order chi connectivity index (χ1) is 17.5. The van der Waals surface area contributed by atoms with Crippen LogP contribution in [0.2, 0.25) is 0 Å². The lowest BCUT2D eigenvalue weighted by Gasteiger charge is -2.19. The van der Waals surface area contributed by atoms with Crippen LogP contribution in [0.5, 0.6) is 0 Å². The fourth-order valence-electron chi connectivity index (χ4n) is 3.78. The van der Waals surface area contributed by atoms with Crippen molar-refractivity contribution in [2.75, 3.05) is 5.73 Å². The minimum absolute atomic E-state index is 0.0195. The molecule has 0 saturated heterocycles. The van der Waals surface area contributed by atoms with Gasteiger partial charge in [0.15, 0.2) is 0 Å². The van der Waals surface area contributed by atoms with E-state index < -0.39 is 5.25 Å². The molecule has 1 unspecified atom stereocenters. The Morgan fingerprint density at radius 3 is 2.17 bits per heavy atom. The number of carbonyl (C=O) groups excluding carboxylic acids is 1. The lowest BCUT2D eigenvalue weighted by molar-refractivity contribution is -0.120. The Morgan fingerprint density at radius 1 is 0.944 bits per heavy atom. The zero-order valence-electron chi connectivity index (χ0n) is 19.6. The van der Waals surface area contributed by atoms with Gasteiger partial charge in [-0.25, -0.2) is 4.98 Å². The molecule has 3 N–H and O–H groups in total. The van der Waals surface area contributed by atoms with Crippen LogP contribution in [0, 0.1) is 29.6 Å². The van der Waals surface area contributed by atoms with Crippen molar-refractivity contribution in [3.05, 3.63) is 113 Å². The van der Waals surface area contributed by atoms with Crippen LogP contribution in [0.15, 0.2) is 90.0 Å². The van der Waals surface area contributed by atoms with Crippen molar-refractivity contribution in [3.8, 4) is 23.3 Å². The quantitative estimate of drug-likeness (QED) is 0.330. The molecular weight excluding hydrogens is 466 g/mol. The summed E-state index contributed by atoms with van der Waals surface area (Å²) in [6.45, 7) is 2.33. The van der Waals surface area contributed by atoms with E-state index in [1.807, 2.05) is 91.9 Å². The van der Waals surface area contributed by atoms with Crippen LogP contribution in [-0.2, 0) is 11.3 Å². The molecule has 0 saturated carbocycles. The lowest BCUT2D eigenvalue weighted by atomic mass is 9.96. The third-order valence-electron chi connectivity index (χ3n) is 5.64. The summed E-state index contributed by atoms with van der Waals surface area (Å²) >= 11 is 1.15. The number of hydrogen-bond acceptors (Lipinski definition) is 6. The molecule has 0 radical (unpaired) electrons. The average Bonchev–Trinajstić information content (AvgIpc) is 2.91. The van der Waals surface area contributed by atoms with Crippen molar-refractivity contribution in [1.82, 2.24) is 10.3 Å². The summed E-state index contributed by atoms with van der Waals surface area (Å²) in [6.07, 6.45) is 0. The molecule has 0 bridgehead atoms. The van der Waals surface area contributed by atoms with Crippen LogP contribution >= 0.6 is 11.8 Å². The van der Waals surface area contributed by atoms with Crippen molar-refractivity contribution in [3.63, 3.8) is 0 Å². The molecule has 3 aromatic carbocycles. The highest BCUT2D eigenvalue weighted by molar-refractivity contribution is 8.00. The zero-order chi connectivity index (χ0) is 25.5. The van der Waals surface area contributed by atoms with Gasteiger partial charge in [-0.2, -0.15) is 10.5 Å². The number of anilines is 1. The van der Waals surface area contributed by atoms with Gasteiger partial charge in [0, 0.05) is 12.1 Å². The van der Waals surface area contributed by atoms with Gasteiger partial charge in [-0.15, -0.1) is 0 Å². The smallest absolute Gasteiger partial charge is 0.238 e. The first-order valence-corrected chi connectivity index (χ1v) is 12.1. The summed E-state index contributed by atoms with van der Waals surface area (Å²) in [6, 6.07) is 30.8. The second-order valence-electron chi connectivity index (χ2n) is 8.13. The molecule has 1 atom stereocenters. The summed E-state index contributed by atoms with van der Waals surface area (Å²) in [7, 11) is 0. The molecule has 0 aliphatic carbocycles. The number of aryl methyl sites for hydroxylation is 1. The highest BCUT2D eigenvalue weighted by Crippen LogP contribution is 2.41. The topological polar surface area (TPSA) is 116 Å². The third kappa shape index (κ3) is 5.38. The number of amides is 1. The number of nitrogen functional groups attached to an aromatic ring is 1. The van der Waals surface area contributed by atoms with Gasteiger partial charge >= 0.3 is 0 Å². The zero-order valence-corrected chi connectivity index (χ0v) is 20.4. The second-order valence-corrected chi connectivity index (χ2v) is 9.22. The monoisotopic (exact) mass is 489 g/mol. The molecule has 4 rings (SSSR count). The molecule has 0 fully saturated rings. The number of nitrogens with zero attached hydrogens (tertiary/aromatic N) is 3. The predicted octanol–water partition coefficient (Wildman–Crippen LogP) is 5.53. The Balaban J connectivity index is 1.76. The number of carbonyl (C=O) groups is 1. The van der Waals surface area contributed by atoms with Crippen LogP contribution in [0.4, 0.5) is 5.82 Å². The number of nitriles is 2. The van der Waals surface area contributed by atoms with Gasteiger partial charge < -0.3 is 11.1 Å². The number of thioether (sulfide) groups is 1. The van der Waals surface area contributed by atoms with Gasteiger partial charge in [0.1, 0.15) is 33.8 Å². The van der Waals surface area contributed by atoms with E-state index in [0.29, 0.717) is 22.7 Å². The Hall–Kier alpha value is -4.59. The maximum absolute atomic E-state index is 13.4. The van der Waals surface area contributed by atoms with Crippen LogP contribution in [0.3, 0.4) is 0 Å².